The molecule has 22 heavy (non-hydrogen) atoms. The van der Waals surface area contributed by atoms with Gasteiger partial charge in [0.25, 0.3) is 5.56 Å². The van der Waals surface area contributed by atoms with E-state index in [1.165, 1.54) is 0 Å². The molecule has 0 atom stereocenters. The molecule has 2 aromatic rings. The van der Waals surface area contributed by atoms with Gasteiger partial charge in [-0.3, -0.25) is 4.79 Å². The summed E-state index contributed by atoms with van der Waals surface area (Å²) in [7, 11) is 1.59. The van der Waals surface area contributed by atoms with Crippen molar-refractivity contribution in [3.05, 3.63) is 40.8 Å². The predicted octanol–water partition coefficient (Wildman–Crippen LogP) is 1.59. The Morgan fingerprint density at radius 3 is 2.77 bits per heavy atom. The number of fused-ring (bicyclic) bond motifs is 1. The smallest absolute Gasteiger partial charge is 0.344 e. The maximum absolute atomic E-state index is 12.4. The maximum Gasteiger partial charge on any atom is 0.344 e. The second-order valence-corrected chi connectivity index (χ2v) is 4.62. The topological polar surface area (TPSA) is 66.8 Å². The molecule has 0 unspecified atom stereocenters. The summed E-state index contributed by atoms with van der Waals surface area (Å²) in [5.74, 6) is 0.0504. The lowest BCUT2D eigenvalue weighted by Crippen LogP contribution is -2.21. The van der Waals surface area contributed by atoms with Crippen molar-refractivity contribution in [2.24, 2.45) is 0 Å². The van der Waals surface area contributed by atoms with Gasteiger partial charge in [0.2, 0.25) is 0 Å². The first-order chi connectivity index (χ1) is 10.7. The molecule has 0 bridgehead atoms. The number of aromatic nitrogens is 1. The largest absolute Gasteiger partial charge is 0.481 e. The van der Waals surface area contributed by atoms with Gasteiger partial charge in [0, 0.05) is 25.2 Å². The third kappa shape index (κ3) is 3.65. The summed E-state index contributed by atoms with van der Waals surface area (Å²) < 4.78 is 16.9. The van der Waals surface area contributed by atoms with Crippen LogP contribution in [0.25, 0.3) is 10.8 Å². The Hall–Kier alpha value is -2.34. The van der Waals surface area contributed by atoms with Crippen LogP contribution in [-0.4, -0.2) is 37.5 Å². The van der Waals surface area contributed by atoms with Gasteiger partial charge < -0.3 is 18.8 Å². The molecule has 118 valence electrons. The number of methoxy groups -OCH3 is 1. The standard InChI is InChI=1S/C16H19NO5/c1-3-21-15(18)11-22-14-6-4-5-13-12(14)7-8-17(16(13)19)9-10-20-2/h4-8H,3,9-11H2,1-2H3. The van der Waals surface area contributed by atoms with Crippen molar-refractivity contribution in [2.45, 2.75) is 13.5 Å². The first-order valence-electron chi connectivity index (χ1n) is 7.07. The van der Waals surface area contributed by atoms with Crippen molar-refractivity contribution in [1.29, 1.82) is 0 Å². The van der Waals surface area contributed by atoms with Crippen molar-refractivity contribution in [2.75, 3.05) is 26.9 Å². The van der Waals surface area contributed by atoms with Gasteiger partial charge in [-0.25, -0.2) is 4.79 Å². The molecule has 0 radical (unpaired) electrons. The van der Waals surface area contributed by atoms with E-state index in [-0.39, 0.29) is 12.2 Å². The zero-order chi connectivity index (χ0) is 15.9. The lowest BCUT2D eigenvalue weighted by molar-refractivity contribution is -0.145. The van der Waals surface area contributed by atoms with Crippen LogP contribution in [0.1, 0.15) is 6.92 Å². The Bertz CT molecular complexity index is 707. The van der Waals surface area contributed by atoms with Gasteiger partial charge in [-0.1, -0.05) is 6.07 Å². The number of rotatable bonds is 7. The molecular weight excluding hydrogens is 286 g/mol. The first-order valence-corrected chi connectivity index (χ1v) is 7.07. The van der Waals surface area contributed by atoms with Crippen LogP contribution in [0.2, 0.25) is 0 Å². The van der Waals surface area contributed by atoms with Crippen LogP contribution in [0.3, 0.4) is 0 Å². The molecule has 1 aromatic carbocycles. The molecule has 2 rings (SSSR count). The van der Waals surface area contributed by atoms with Crippen molar-refractivity contribution < 1.29 is 19.0 Å². The summed E-state index contributed by atoms with van der Waals surface area (Å²) in [6.45, 7) is 2.81. The molecule has 0 aliphatic carbocycles. The van der Waals surface area contributed by atoms with Gasteiger partial charge in [-0.2, -0.15) is 0 Å². The molecule has 0 saturated carbocycles. The number of benzene rings is 1. The summed E-state index contributed by atoms with van der Waals surface area (Å²) in [6, 6.07) is 6.98. The van der Waals surface area contributed by atoms with E-state index in [2.05, 4.69) is 0 Å². The number of carbonyl (C=O) groups excluding carboxylic acids is 1. The molecule has 1 aromatic heterocycles. The third-order valence-electron chi connectivity index (χ3n) is 3.17. The van der Waals surface area contributed by atoms with Gasteiger partial charge in [0.05, 0.1) is 18.6 Å². The SMILES string of the molecule is CCOC(=O)COc1cccc2c(=O)n(CCOC)ccc12. The Kier molecular flexibility index (Phi) is 5.55. The number of hydrogen-bond donors (Lipinski definition) is 0. The van der Waals surface area contributed by atoms with Crippen molar-refractivity contribution in [3.63, 3.8) is 0 Å². The number of carbonyl (C=O) groups is 1. The van der Waals surface area contributed by atoms with Crippen LogP contribution in [0.4, 0.5) is 0 Å². The molecular formula is C16H19NO5. The van der Waals surface area contributed by atoms with Gasteiger partial charge in [-0.15, -0.1) is 0 Å². The van der Waals surface area contributed by atoms with Gasteiger partial charge in [0.15, 0.2) is 6.61 Å². The van der Waals surface area contributed by atoms with E-state index >= 15 is 0 Å². The number of esters is 1. The highest BCUT2D eigenvalue weighted by molar-refractivity contribution is 5.87. The van der Waals surface area contributed by atoms with Crippen LogP contribution < -0.4 is 10.3 Å². The molecule has 0 saturated heterocycles. The Morgan fingerprint density at radius 1 is 1.23 bits per heavy atom. The lowest BCUT2D eigenvalue weighted by atomic mass is 10.1. The summed E-state index contributed by atoms with van der Waals surface area (Å²) in [5, 5.41) is 1.21. The quantitative estimate of drug-likeness (QED) is 0.727. The molecule has 6 nitrogen and oxygen atoms in total. The fourth-order valence-electron chi connectivity index (χ4n) is 2.12. The molecule has 0 N–H and O–H groups in total. The van der Waals surface area contributed by atoms with Crippen molar-refractivity contribution >= 4 is 16.7 Å². The number of hydrogen-bond acceptors (Lipinski definition) is 5. The highest BCUT2D eigenvalue weighted by Crippen LogP contribution is 2.23. The van der Waals surface area contributed by atoms with Gasteiger partial charge in [-0.05, 0) is 25.1 Å². The van der Waals surface area contributed by atoms with Crippen LogP contribution in [-0.2, 0) is 20.8 Å². The minimum Gasteiger partial charge on any atom is -0.481 e. The van der Waals surface area contributed by atoms with E-state index in [4.69, 9.17) is 14.2 Å². The second-order valence-electron chi connectivity index (χ2n) is 4.62. The maximum atomic E-state index is 12.4. The Balaban J connectivity index is 2.28. The van der Waals surface area contributed by atoms with Crippen LogP contribution in [0, 0.1) is 0 Å². The average molecular weight is 305 g/mol. The van der Waals surface area contributed by atoms with E-state index in [9.17, 15) is 9.59 Å². The molecule has 0 aliphatic rings. The van der Waals surface area contributed by atoms with Crippen LogP contribution in [0.5, 0.6) is 5.75 Å². The minimum absolute atomic E-state index is 0.115. The normalized spacial score (nSPS) is 10.6. The van der Waals surface area contributed by atoms with E-state index in [1.807, 2.05) is 0 Å². The zero-order valence-electron chi connectivity index (χ0n) is 12.7. The predicted molar refractivity (Wildman–Crippen MR) is 82.2 cm³/mol. The Labute approximate surface area is 128 Å². The molecule has 6 heteroatoms. The monoisotopic (exact) mass is 305 g/mol. The van der Waals surface area contributed by atoms with Gasteiger partial charge >= 0.3 is 5.97 Å². The fraction of sp³-hybridized carbons (Fsp3) is 0.375. The highest BCUT2D eigenvalue weighted by atomic mass is 16.6. The van der Waals surface area contributed by atoms with Crippen molar-refractivity contribution in [3.8, 4) is 5.75 Å². The first kappa shape index (κ1) is 16.0. The van der Waals surface area contributed by atoms with Gasteiger partial charge in [0.1, 0.15) is 5.75 Å². The average Bonchev–Trinajstić information content (AvgIpc) is 2.53. The summed E-state index contributed by atoms with van der Waals surface area (Å²) in [4.78, 5) is 23.8. The Morgan fingerprint density at radius 2 is 2.05 bits per heavy atom. The number of ether oxygens (including phenoxy) is 3. The van der Waals surface area contributed by atoms with E-state index < -0.39 is 5.97 Å². The number of pyridine rings is 1. The molecule has 0 spiro atoms. The molecule has 0 aliphatic heterocycles. The summed E-state index contributed by atoms with van der Waals surface area (Å²) >= 11 is 0. The van der Waals surface area contributed by atoms with E-state index in [0.29, 0.717) is 36.3 Å². The highest BCUT2D eigenvalue weighted by Gasteiger charge is 2.09. The third-order valence-corrected chi connectivity index (χ3v) is 3.17. The zero-order valence-corrected chi connectivity index (χ0v) is 12.7. The lowest BCUT2D eigenvalue weighted by Gasteiger charge is -2.11. The molecule has 1 heterocycles. The van der Waals surface area contributed by atoms with Crippen molar-refractivity contribution in [1.82, 2.24) is 4.57 Å². The minimum atomic E-state index is -0.437. The fourth-order valence-corrected chi connectivity index (χ4v) is 2.12. The van der Waals surface area contributed by atoms with E-state index in [0.717, 1.165) is 0 Å². The number of nitrogens with zero attached hydrogens (tertiary/aromatic N) is 1. The second kappa shape index (κ2) is 7.61. The van der Waals surface area contributed by atoms with Crippen LogP contribution >= 0.6 is 0 Å². The van der Waals surface area contributed by atoms with E-state index in [1.54, 1.807) is 49.1 Å². The summed E-state index contributed by atoms with van der Waals surface area (Å²) in [5.41, 5.74) is -0.115. The molecule has 0 fully saturated rings. The summed E-state index contributed by atoms with van der Waals surface area (Å²) in [6.07, 6.45) is 1.70. The molecule has 0 amide bonds. The van der Waals surface area contributed by atoms with Crippen LogP contribution in [0.15, 0.2) is 35.3 Å².